The van der Waals surface area contributed by atoms with Gasteiger partial charge < -0.3 is 5.32 Å². The van der Waals surface area contributed by atoms with E-state index in [1.54, 1.807) is 0 Å². The highest BCUT2D eigenvalue weighted by Gasteiger charge is 2.34. The van der Waals surface area contributed by atoms with E-state index in [1.165, 1.54) is 6.42 Å². The fourth-order valence-corrected chi connectivity index (χ4v) is 2.65. The summed E-state index contributed by atoms with van der Waals surface area (Å²) in [5, 5.41) is 10.1. The average Bonchev–Trinajstić information content (AvgIpc) is 2.78. The van der Waals surface area contributed by atoms with Gasteiger partial charge in [-0.05, 0) is 19.3 Å². The summed E-state index contributed by atoms with van der Waals surface area (Å²) in [5.41, 5.74) is 0.879. The molecular formula is C14H23N3O. The molecule has 2 N–H and O–H groups in total. The highest BCUT2D eigenvalue weighted by Crippen LogP contribution is 2.36. The Hall–Kier alpha value is -1.32. The summed E-state index contributed by atoms with van der Waals surface area (Å²) in [6, 6.07) is 1.94. The van der Waals surface area contributed by atoms with E-state index in [-0.39, 0.29) is 11.3 Å². The number of anilines is 1. The topological polar surface area (TPSA) is 57.8 Å². The maximum Gasteiger partial charge on any atom is 0.231 e. The lowest BCUT2D eigenvalue weighted by Crippen LogP contribution is -2.35. The van der Waals surface area contributed by atoms with E-state index in [0.29, 0.717) is 5.82 Å². The smallest absolute Gasteiger partial charge is 0.231 e. The Balaban J connectivity index is 1.97. The van der Waals surface area contributed by atoms with Crippen LogP contribution >= 0.6 is 0 Å². The van der Waals surface area contributed by atoms with Crippen molar-refractivity contribution >= 4 is 11.7 Å². The summed E-state index contributed by atoms with van der Waals surface area (Å²) in [5.74, 6) is 0.784. The standard InChI is InChI=1S/C14H23N3O/c1-3-7-11-10-12(17-16-11)15-13(18)14(2)8-5-4-6-9-14/h10H,3-9H2,1-2H3,(H2,15,16,17,18). The molecule has 1 saturated carbocycles. The second-order valence-electron chi connectivity index (χ2n) is 5.60. The van der Waals surface area contributed by atoms with Crippen LogP contribution in [0.4, 0.5) is 5.82 Å². The van der Waals surface area contributed by atoms with Crippen molar-refractivity contribution in [2.24, 2.45) is 5.41 Å². The molecule has 0 radical (unpaired) electrons. The van der Waals surface area contributed by atoms with Gasteiger partial charge in [0.2, 0.25) is 5.91 Å². The zero-order chi connectivity index (χ0) is 13.0. The molecule has 0 bridgehead atoms. The average molecular weight is 249 g/mol. The third kappa shape index (κ3) is 2.92. The summed E-state index contributed by atoms with van der Waals surface area (Å²) >= 11 is 0. The van der Waals surface area contributed by atoms with Crippen LogP contribution in [0.15, 0.2) is 6.07 Å². The largest absolute Gasteiger partial charge is 0.309 e. The van der Waals surface area contributed by atoms with Crippen molar-refractivity contribution in [3.8, 4) is 0 Å². The molecule has 4 heteroatoms. The molecule has 1 fully saturated rings. The van der Waals surface area contributed by atoms with Gasteiger partial charge in [0.25, 0.3) is 0 Å². The molecule has 18 heavy (non-hydrogen) atoms. The van der Waals surface area contributed by atoms with Gasteiger partial charge in [0, 0.05) is 17.2 Å². The number of H-pyrrole nitrogens is 1. The Morgan fingerprint density at radius 3 is 2.83 bits per heavy atom. The molecule has 1 amide bonds. The van der Waals surface area contributed by atoms with E-state index in [9.17, 15) is 4.79 Å². The van der Waals surface area contributed by atoms with Gasteiger partial charge in [-0.3, -0.25) is 9.89 Å². The molecule has 2 rings (SSSR count). The second-order valence-corrected chi connectivity index (χ2v) is 5.60. The number of nitrogens with one attached hydrogen (secondary N) is 2. The van der Waals surface area contributed by atoms with Crippen LogP contribution in [0.2, 0.25) is 0 Å². The van der Waals surface area contributed by atoms with Gasteiger partial charge in [-0.2, -0.15) is 5.10 Å². The van der Waals surface area contributed by atoms with Crippen molar-refractivity contribution in [2.45, 2.75) is 58.8 Å². The second kappa shape index (κ2) is 5.55. The van der Waals surface area contributed by atoms with Crippen molar-refractivity contribution < 1.29 is 4.79 Å². The van der Waals surface area contributed by atoms with Crippen molar-refractivity contribution in [1.82, 2.24) is 10.2 Å². The van der Waals surface area contributed by atoms with Gasteiger partial charge in [0.1, 0.15) is 0 Å². The number of nitrogens with zero attached hydrogens (tertiary/aromatic N) is 1. The quantitative estimate of drug-likeness (QED) is 0.860. The molecule has 1 aromatic heterocycles. The summed E-state index contributed by atoms with van der Waals surface area (Å²) in [4.78, 5) is 12.3. The first kappa shape index (κ1) is 13.1. The van der Waals surface area contributed by atoms with Crippen LogP contribution in [0.5, 0.6) is 0 Å². The summed E-state index contributed by atoms with van der Waals surface area (Å²) in [6.45, 7) is 4.20. The Morgan fingerprint density at radius 2 is 2.17 bits per heavy atom. The monoisotopic (exact) mass is 249 g/mol. The summed E-state index contributed by atoms with van der Waals surface area (Å²) in [6.07, 6.45) is 7.60. The lowest BCUT2D eigenvalue weighted by molar-refractivity contribution is -0.126. The number of rotatable bonds is 4. The van der Waals surface area contributed by atoms with Crippen LogP contribution < -0.4 is 5.32 Å². The Morgan fingerprint density at radius 1 is 1.44 bits per heavy atom. The lowest BCUT2D eigenvalue weighted by Gasteiger charge is -2.31. The number of aromatic amines is 1. The van der Waals surface area contributed by atoms with Crippen molar-refractivity contribution in [1.29, 1.82) is 0 Å². The number of hydrogen-bond acceptors (Lipinski definition) is 2. The number of hydrogen-bond donors (Lipinski definition) is 2. The van der Waals surface area contributed by atoms with Crippen LogP contribution in [0.3, 0.4) is 0 Å². The van der Waals surface area contributed by atoms with E-state index < -0.39 is 0 Å². The normalized spacial score (nSPS) is 18.6. The van der Waals surface area contributed by atoms with Crippen molar-refractivity contribution in [3.63, 3.8) is 0 Å². The molecule has 0 atom stereocenters. The molecule has 0 spiro atoms. The molecule has 4 nitrogen and oxygen atoms in total. The zero-order valence-electron chi connectivity index (χ0n) is 11.4. The molecule has 0 aromatic carbocycles. The maximum atomic E-state index is 12.3. The van der Waals surface area contributed by atoms with E-state index in [0.717, 1.165) is 44.2 Å². The zero-order valence-corrected chi connectivity index (χ0v) is 11.4. The predicted molar refractivity (Wildman–Crippen MR) is 72.4 cm³/mol. The molecule has 1 heterocycles. The van der Waals surface area contributed by atoms with Crippen molar-refractivity contribution in [2.75, 3.05) is 5.32 Å². The van der Waals surface area contributed by atoms with E-state index in [1.807, 2.05) is 6.07 Å². The first-order valence-corrected chi connectivity index (χ1v) is 7.00. The third-order valence-electron chi connectivity index (χ3n) is 3.90. The Bertz CT molecular complexity index is 405. The number of carbonyl (C=O) groups excluding carboxylic acids is 1. The van der Waals surface area contributed by atoms with Crippen LogP contribution in [-0.4, -0.2) is 16.1 Å². The maximum absolute atomic E-state index is 12.3. The first-order valence-electron chi connectivity index (χ1n) is 7.00. The molecule has 1 aliphatic rings. The fraction of sp³-hybridized carbons (Fsp3) is 0.714. The highest BCUT2D eigenvalue weighted by atomic mass is 16.2. The minimum Gasteiger partial charge on any atom is -0.309 e. The van der Waals surface area contributed by atoms with E-state index in [4.69, 9.17) is 0 Å². The van der Waals surface area contributed by atoms with Gasteiger partial charge in [0.05, 0.1) is 0 Å². The van der Waals surface area contributed by atoms with E-state index in [2.05, 4.69) is 29.4 Å². The summed E-state index contributed by atoms with van der Waals surface area (Å²) in [7, 11) is 0. The molecule has 100 valence electrons. The van der Waals surface area contributed by atoms with Crippen LogP contribution in [0.1, 0.15) is 58.1 Å². The molecule has 0 unspecified atom stereocenters. The van der Waals surface area contributed by atoms with Crippen molar-refractivity contribution in [3.05, 3.63) is 11.8 Å². The molecule has 0 saturated heterocycles. The van der Waals surface area contributed by atoms with E-state index >= 15 is 0 Å². The summed E-state index contributed by atoms with van der Waals surface area (Å²) < 4.78 is 0. The van der Waals surface area contributed by atoms with Gasteiger partial charge in [-0.15, -0.1) is 0 Å². The fourth-order valence-electron chi connectivity index (χ4n) is 2.65. The van der Waals surface area contributed by atoms with Crippen LogP contribution in [0, 0.1) is 5.41 Å². The highest BCUT2D eigenvalue weighted by molar-refractivity contribution is 5.94. The number of carbonyl (C=O) groups is 1. The van der Waals surface area contributed by atoms with Crippen LogP contribution in [0.25, 0.3) is 0 Å². The Labute approximate surface area is 109 Å². The Kier molecular flexibility index (Phi) is 4.04. The number of aryl methyl sites for hydroxylation is 1. The minimum atomic E-state index is -0.206. The SMILES string of the molecule is CCCc1cc(NC(=O)C2(C)CCCCC2)n[nH]1. The molecule has 1 aromatic rings. The third-order valence-corrected chi connectivity index (χ3v) is 3.90. The van der Waals surface area contributed by atoms with Crippen LogP contribution in [-0.2, 0) is 11.2 Å². The van der Waals surface area contributed by atoms with Gasteiger partial charge in [-0.1, -0.05) is 39.5 Å². The van der Waals surface area contributed by atoms with Gasteiger partial charge in [0.15, 0.2) is 5.82 Å². The van der Waals surface area contributed by atoms with Gasteiger partial charge in [-0.25, -0.2) is 0 Å². The minimum absolute atomic E-state index is 0.122. The van der Waals surface area contributed by atoms with Gasteiger partial charge >= 0.3 is 0 Å². The first-order chi connectivity index (χ1) is 8.64. The lowest BCUT2D eigenvalue weighted by atomic mass is 9.75. The number of aromatic nitrogens is 2. The molecule has 0 aliphatic heterocycles. The molecule has 1 aliphatic carbocycles. The molecular weight excluding hydrogens is 226 g/mol. The number of amides is 1. The predicted octanol–water partition coefficient (Wildman–Crippen LogP) is 3.27.